The maximum Gasteiger partial charge on any atom is 0.0843 e. The molecule has 0 saturated heterocycles. The molecule has 1 aliphatic carbocycles. The minimum Gasteiger partial charge on any atom is -0.309 e. The zero-order valence-electron chi connectivity index (χ0n) is 9.43. The second kappa shape index (κ2) is 5.98. The Hall–Kier alpha value is 0.620. The highest BCUT2D eigenvalue weighted by atomic mass is 79.9. The van der Waals surface area contributed by atoms with E-state index in [-0.39, 0.29) is 0 Å². The molecule has 2 rings (SSSR count). The van der Waals surface area contributed by atoms with Gasteiger partial charge in [-0.3, -0.25) is 0 Å². The van der Waals surface area contributed by atoms with Crippen LogP contribution in [0.4, 0.5) is 0 Å². The quantitative estimate of drug-likeness (QED) is 0.798. The molecule has 4 heteroatoms. The van der Waals surface area contributed by atoms with Crippen molar-refractivity contribution in [2.75, 3.05) is 0 Å². The van der Waals surface area contributed by atoms with Gasteiger partial charge in [-0.25, -0.2) is 0 Å². The predicted molar refractivity (Wildman–Crippen MR) is 78.0 cm³/mol. The summed E-state index contributed by atoms with van der Waals surface area (Å²) >= 11 is 8.88. The van der Waals surface area contributed by atoms with Gasteiger partial charge in [-0.15, -0.1) is 11.3 Å². The van der Waals surface area contributed by atoms with E-state index in [1.165, 1.54) is 38.8 Å². The molecule has 0 bridgehead atoms. The molecule has 90 valence electrons. The van der Waals surface area contributed by atoms with Gasteiger partial charge in [-0.2, -0.15) is 0 Å². The van der Waals surface area contributed by atoms with E-state index < -0.39 is 0 Å². The molecule has 0 spiro atoms. The second-order valence-corrected chi connectivity index (χ2v) is 7.89. The van der Waals surface area contributed by atoms with Crippen molar-refractivity contribution >= 4 is 43.2 Å². The zero-order valence-corrected chi connectivity index (χ0v) is 13.4. The summed E-state index contributed by atoms with van der Waals surface area (Å²) in [4.78, 5) is 1.40. The van der Waals surface area contributed by atoms with E-state index in [4.69, 9.17) is 0 Å². The second-order valence-electron chi connectivity index (χ2n) is 4.58. The van der Waals surface area contributed by atoms with Crippen molar-refractivity contribution in [3.05, 3.63) is 19.2 Å². The number of rotatable bonds is 3. The van der Waals surface area contributed by atoms with E-state index in [2.05, 4.69) is 50.2 Å². The Kier molecular flexibility index (Phi) is 4.89. The highest BCUT2D eigenvalue weighted by Crippen LogP contribution is 2.32. The first-order valence-corrected chi connectivity index (χ1v) is 8.24. The van der Waals surface area contributed by atoms with Gasteiger partial charge in [-0.05, 0) is 56.7 Å². The molecular formula is C12H17Br2NS. The molecule has 0 aliphatic heterocycles. The van der Waals surface area contributed by atoms with Crippen LogP contribution in [0.15, 0.2) is 14.3 Å². The van der Waals surface area contributed by atoms with Crippen molar-refractivity contribution in [2.24, 2.45) is 5.92 Å². The van der Waals surface area contributed by atoms with Crippen LogP contribution in [0, 0.1) is 5.92 Å². The van der Waals surface area contributed by atoms with Crippen LogP contribution in [0.5, 0.6) is 0 Å². The van der Waals surface area contributed by atoms with Crippen molar-refractivity contribution in [2.45, 2.75) is 45.2 Å². The summed E-state index contributed by atoms with van der Waals surface area (Å²) in [7, 11) is 0. The zero-order chi connectivity index (χ0) is 11.5. The molecule has 2 unspecified atom stereocenters. The third-order valence-electron chi connectivity index (χ3n) is 3.35. The van der Waals surface area contributed by atoms with Gasteiger partial charge in [0.2, 0.25) is 0 Å². The lowest BCUT2D eigenvalue weighted by molar-refractivity contribution is 0.280. The maximum absolute atomic E-state index is 3.70. The number of hydrogen-bond acceptors (Lipinski definition) is 2. The van der Waals surface area contributed by atoms with Crippen molar-refractivity contribution in [3.8, 4) is 0 Å². The molecule has 1 N–H and O–H groups in total. The molecule has 16 heavy (non-hydrogen) atoms. The van der Waals surface area contributed by atoms with E-state index in [1.807, 2.05) is 11.3 Å². The lowest BCUT2D eigenvalue weighted by atomic mass is 9.86. The topological polar surface area (TPSA) is 12.0 Å². The molecule has 1 saturated carbocycles. The highest BCUT2D eigenvalue weighted by molar-refractivity contribution is 9.13. The summed E-state index contributed by atoms with van der Waals surface area (Å²) in [5, 5.41) is 3.70. The van der Waals surface area contributed by atoms with Gasteiger partial charge in [-0.1, -0.05) is 19.8 Å². The largest absolute Gasteiger partial charge is 0.309 e. The number of halogens is 2. The SMILES string of the molecule is CC1CCCCC1NCc1cc(Br)c(Br)s1. The lowest BCUT2D eigenvalue weighted by Gasteiger charge is -2.29. The Bertz CT molecular complexity index is 331. The number of thiophene rings is 1. The lowest BCUT2D eigenvalue weighted by Crippen LogP contribution is -2.36. The average molecular weight is 367 g/mol. The third-order valence-corrected chi connectivity index (χ3v) is 6.60. The standard InChI is InChI=1S/C12H17Br2NS/c1-8-4-2-3-5-11(8)15-7-9-6-10(13)12(14)16-9/h6,8,11,15H,2-5,7H2,1H3. The van der Waals surface area contributed by atoms with Crippen LogP contribution in [-0.2, 0) is 6.54 Å². The molecule has 2 atom stereocenters. The van der Waals surface area contributed by atoms with E-state index >= 15 is 0 Å². The van der Waals surface area contributed by atoms with Crippen LogP contribution in [0.3, 0.4) is 0 Å². The summed E-state index contributed by atoms with van der Waals surface area (Å²) < 4.78 is 2.37. The van der Waals surface area contributed by atoms with Crippen molar-refractivity contribution in [3.63, 3.8) is 0 Å². The van der Waals surface area contributed by atoms with Crippen LogP contribution in [0.25, 0.3) is 0 Å². The van der Waals surface area contributed by atoms with Crippen LogP contribution >= 0.6 is 43.2 Å². The summed E-state index contributed by atoms with van der Waals surface area (Å²) in [5.74, 6) is 0.834. The smallest absolute Gasteiger partial charge is 0.0843 e. The molecule has 1 aliphatic rings. The minimum absolute atomic E-state index is 0.716. The first-order valence-electron chi connectivity index (χ1n) is 5.84. The number of nitrogens with one attached hydrogen (secondary N) is 1. The van der Waals surface area contributed by atoms with Crippen LogP contribution in [0.2, 0.25) is 0 Å². The molecule has 0 radical (unpaired) electrons. The van der Waals surface area contributed by atoms with Gasteiger partial charge < -0.3 is 5.32 Å². The molecule has 1 aromatic rings. The monoisotopic (exact) mass is 365 g/mol. The third kappa shape index (κ3) is 3.31. The fourth-order valence-electron chi connectivity index (χ4n) is 2.33. The number of hydrogen-bond donors (Lipinski definition) is 1. The van der Waals surface area contributed by atoms with Crippen molar-refractivity contribution in [1.29, 1.82) is 0 Å². The summed E-state index contributed by atoms with van der Waals surface area (Å²) in [6.07, 6.45) is 5.53. The minimum atomic E-state index is 0.716. The molecule has 0 amide bonds. The first-order chi connectivity index (χ1) is 7.66. The summed E-state index contributed by atoms with van der Waals surface area (Å²) in [6.45, 7) is 3.38. The molecule has 1 aromatic heterocycles. The van der Waals surface area contributed by atoms with E-state index in [1.54, 1.807) is 0 Å². The molecular weight excluding hydrogens is 350 g/mol. The Morgan fingerprint density at radius 2 is 2.12 bits per heavy atom. The Morgan fingerprint density at radius 1 is 1.38 bits per heavy atom. The van der Waals surface area contributed by atoms with Crippen LogP contribution < -0.4 is 5.32 Å². The van der Waals surface area contributed by atoms with Gasteiger partial charge in [0.05, 0.1) is 3.79 Å². The van der Waals surface area contributed by atoms with E-state index in [0.29, 0.717) is 6.04 Å². The molecule has 0 aromatic carbocycles. The summed E-state index contributed by atoms with van der Waals surface area (Å²) in [5.41, 5.74) is 0. The Labute approximate surface area is 118 Å². The van der Waals surface area contributed by atoms with Gasteiger partial charge in [0.15, 0.2) is 0 Å². The summed E-state index contributed by atoms with van der Waals surface area (Å²) in [6, 6.07) is 2.92. The predicted octanol–water partition coefficient (Wildman–Crippen LogP) is 4.94. The van der Waals surface area contributed by atoms with Crippen molar-refractivity contribution in [1.82, 2.24) is 5.32 Å². The van der Waals surface area contributed by atoms with Gasteiger partial charge >= 0.3 is 0 Å². The van der Waals surface area contributed by atoms with Gasteiger partial charge in [0.25, 0.3) is 0 Å². The Morgan fingerprint density at radius 3 is 2.75 bits per heavy atom. The van der Waals surface area contributed by atoms with E-state index in [9.17, 15) is 0 Å². The first kappa shape index (κ1) is 13.1. The van der Waals surface area contributed by atoms with Crippen molar-refractivity contribution < 1.29 is 0 Å². The van der Waals surface area contributed by atoms with Crippen LogP contribution in [0.1, 0.15) is 37.5 Å². The maximum atomic E-state index is 3.70. The van der Waals surface area contributed by atoms with Gasteiger partial charge in [0.1, 0.15) is 0 Å². The molecule has 1 fully saturated rings. The van der Waals surface area contributed by atoms with Gasteiger partial charge in [0, 0.05) is 21.9 Å². The average Bonchev–Trinajstić information content (AvgIpc) is 2.57. The molecule has 1 heterocycles. The molecule has 1 nitrogen and oxygen atoms in total. The van der Waals surface area contributed by atoms with E-state index in [0.717, 1.165) is 12.5 Å². The fourth-order valence-corrected chi connectivity index (χ4v) is 4.46. The normalized spacial score (nSPS) is 25.9. The fraction of sp³-hybridized carbons (Fsp3) is 0.667. The van der Waals surface area contributed by atoms with Crippen LogP contribution in [-0.4, -0.2) is 6.04 Å². The highest BCUT2D eigenvalue weighted by Gasteiger charge is 2.20. The Balaban J connectivity index is 1.86.